The monoisotopic (exact) mass is 536 g/mol. The van der Waals surface area contributed by atoms with Crippen LogP contribution in [0.4, 0.5) is 0 Å². The fourth-order valence-corrected chi connectivity index (χ4v) is 5.82. The highest BCUT2D eigenvalue weighted by Crippen LogP contribution is 2.45. The Morgan fingerprint density at radius 3 is 1.98 bits per heavy atom. The third-order valence-corrected chi connectivity index (χ3v) is 7.64. The number of aliphatic hydroxyl groups excluding tert-OH is 1. The molecule has 4 N–H and O–H groups in total. The van der Waals surface area contributed by atoms with Gasteiger partial charge in [0.1, 0.15) is 0 Å². The number of benzene rings is 2. The molecule has 2 aromatic carbocycles. The second kappa shape index (κ2) is 10.8. The minimum absolute atomic E-state index is 0.121. The van der Waals surface area contributed by atoms with Crippen LogP contribution in [0.3, 0.4) is 0 Å². The lowest BCUT2D eigenvalue weighted by Crippen LogP contribution is -2.43. The summed E-state index contributed by atoms with van der Waals surface area (Å²) < 4.78 is 0. The highest BCUT2D eigenvalue weighted by molar-refractivity contribution is 6.35. The molecular formula is C34H36N2O4. The van der Waals surface area contributed by atoms with Gasteiger partial charge in [0.2, 0.25) is 11.6 Å². The van der Waals surface area contributed by atoms with E-state index in [2.05, 4.69) is 22.1 Å². The third-order valence-electron chi connectivity index (χ3n) is 7.64. The molecule has 0 aliphatic heterocycles. The van der Waals surface area contributed by atoms with Crippen LogP contribution in [-0.2, 0) is 28.0 Å². The Kier molecular flexibility index (Phi) is 7.39. The van der Waals surface area contributed by atoms with Gasteiger partial charge in [-0.2, -0.15) is 0 Å². The summed E-state index contributed by atoms with van der Waals surface area (Å²) in [5.41, 5.74) is 4.05. The quantitative estimate of drug-likeness (QED) is 0.180. The number of aliphatic hydroxyl groups is 2. The number of carbonyl (C=O) groups excluding carboxylic acids is 2. The number of fused-ring (bicyclic) bond motifs is 2. The standard InChI is InChI=1S/C34H36N2O4/c1-20(2)11-9-17-26-29(22-13-5-7-15-24(22)35-26)30-32(38)28(37)19-34(40,33(30)39)31-23-14-6-8-16-25(23)36-27(31)18-10-12-21(3)4/h5-8,11-16,35-36,38,40H,9-10,17-19H2,1-4H3. The molecule has 0 bridgehead atoms. The van der Waals surface area contributed by atoms with Crippen LogP contribution in [0.5, 0.6) is 0 Å². The number of hydrogen-bond donors (Lipinski definition) is 4. The number of aromatic amines is 2. The molecule has 1 atom stereocenters. The van der Waals surface area contributed by atoms with E-state index in [0.717, 1.165) is 28.5 Å². The van der Waals surface area contributed by atoms with Gasteiger partial charge in [0, 0.05) is 44.3 Å². The molecular weight excluding hydrogens is 500 g/mol. The number of Topliss-reactive ketones (excluding diaryl/α,β-unsaturated/α-hetero) is 2. The Balaban J connectivity index is 1.70. The highest BCUT2D eigenvalue weighted by atomic mass is 16.3. The number of hydrogen-bond acceptors (Lipinski definition) is 4. The average Bonchev–Trinajstić information content (AvgIpc) is 3.46. The van der Waals surface area contributed by atoms with Gasteiger partial charge in [0.25, 0.3) is 0 Å². The summed E-state index contributed by atoms with van der Waals surface area (Å²) in [6.45, 7) is 8.11. The van der Waals surface area contributed by atoms with Crippen LogP contribution in [0.1, 0.15) is 69.5 Å². The van der Waals surface area contributed by atoms with E-state index in [4.69, 9.17) is 0 Å². The number of para-hydroxylation sites is 2. The molecule has 0 fully saturated rings. The Labute approximate surface area is 234 Å². The van der Waals surface area contributed by atoms with Gasteiger partial charge in [-0.3, -0.25) is 9.59 Å². The zero-order valence-electron chi connectivity index (χ0n) is 23.5. The van der Waals surface area contributed by atoms with E-state index < -0.39 is 29.3 Å². The van der Waals surface area contributed by atoms with Crippen molar-refractivity contribution in [3.8, 4) is 0 Å². The fourth-order valence-electron chi connectivity index (χ4n) is 5.82. The summed E-state index contributed by atoms with van der Waals surface area (Å²) in [6.07, 6.45) is 6.27. The largest absolute Gasteiger partial charge is 0.504 e. The lowest BCUT2D eigenvalue weighted by molar-refractivity contribution is -0.140. The van der Waals surface area contributed by atoms with Crippen LogP contribution < -0.4 is 0 Å². The Morgan fingerprint density at radius 1 is 0.825 bits per heavy atom. The van der Waals surface area contributed by atoms with Crippen LogP contribution in [0.25, 0.3) is 27.4 Å². The van der Waals surface area contributed by atoms with E-state index in [-0.39, 0.29) is 5.57 Å². The molecule has 4 aromatic rings. The SMILES string of the molecule is CC(C)=CCCc1[nH]c2ccccc2c1C1=C(O)C(=O)CC(O)(c2c(CCC=C(C)C)[nH]c3ccccc23)C1=O. The van der Waals surface area contributed by atoms with Crippen LogP contribution >= 0.6 is 0 Å². The first kappa shape index (κ1) is 27.4. The number of H-pyrrole nitrogens is 2. The van der Waals surface area contributed by atoms with Gasteiger partial charge >= 0.3 is 0 Å². The van der Waals surface area contributed by atoms with Crippen molar-refractivity contribution in [2.75, 3.05) is 0 Å². The van der Waals surface area contributed by atoms with Crippen molar-refractivity contribution in [2.24, 2.45) is 0 Å². The second-order valence-electron chi connectivity index (χ2n) is 11.2. The Bertz CT molecular complexity index is 1720. The van der Waals surface area contributed by atoms with Gasteiger partial charge in [-0.1, -0.05) is 59.7 Å². The van der Waals surface area contributed by atoms with Crippen molar-refractivity contribution in [1.82, 2.24) is 9.97 Å². The van der Waals surface area contributed by atoms with E-state index in [1.165, 1.54) is 11.1 Å². The lowest BCUT2D eigenvalue weighted by atomic mass is 9.73. The molecule has 2 aromatic heterocycles. The van der Waals surface area contributed by atoms with Crippen LogP contribution in [-0.4, -0.2) is 31.7 Å². The molecule has 1 aliphatic carbocycles. The van der Waals surface area contributed by atoms with Crippen molar-refractivity contribution in [2.45, 2.75) is 65.4 Å². The molecule has 1 aliphatic rings. The molecule has 0 radical (unpaired) electrons. The van der Waals surface area contributed by atoms with Crippen molar-refractivity contribution in [1.29, 1.82) is 0 Å². The molecule has 0 spiro atoms. The van der Waals surface area contributed by atoms with E-state index >= 15 is 0 Å². The van der Waals surface area contributed by atoms with Gasteiger partial charge in [0.15, 0.2) is 11.4 Å². The molecule has 206 valence electrons. The minimum atomic E-state index is -2.13. The molecule has 40 heavy (non-hydrogen) atoms. The van der Waals surface area contributed by atoms with E-state index in [0.29, 0.717) is 41.5 Å². The highest BCUT2D eigenvalue weighted by Gasteiger charge is 2.51. The van der Waals surface area contributed by atoms with Crippen molar-refractivity contribution in [3.63, 3.8) is 0 Å². The summed E-state index contributed by atoms with van der Waals surface area (Å²) in [5.74, 6) is -1.90. The second-order valence-corrected chi connectivity index (χ2v) is 11.2. The van der Waals surface area contributed by atoms with Crippen molar-refractivity contribution >= 4 is 38.9 Å². The number of nitrogens with one attached hydrogen (secondary N) is 2. The average molecular weight is 537 g/mol. The van der Waals surface area contributed by atoms with E-state index in [1.807, 2.05) is 76.2 Å². The summed E-state index contributed by atoms with van der Waals surface area (Å²) in [7, 11) is 0. The lowest BCUT2D eigenvalue weighted by Gasteiger charge is -2.32. The molecule has 6 nitrogen and oxygen atoms in total. The predicted octanol–water partition coefficient (Wildman–Crippen LogP) is 7.15. The van der Waals surface area contributed by atoms with Crippen molar-refractivity contribution in [3.05, 3.63) is 100 Å². The molecule has 2 heterocycles. The molecule has 0 saturated heterocycles. The van der Waals surface area contributed by atoms with Crippen LogP contribution in [0.15, 0.2) is 77.6 Å². The topological polar surface area (TPSA) is 106 Å². The van der Waals surface area contributed by atoms with Crippen LogP contribution in [0.2, 0.25) is 0 Å². The first-order valence-electron chi connectivity index (χ1n) is 13.8. The molecule has 0 amide bonds. The smallest absolute Gasteiger partial charge is 0.204 e. The number of aryl methyl sites for hydroxylation is 2. The van der Waals surface area contributed by atoms with Crippen molar-refractivity contribution < 1.29 is 19.8 Å². The predicted molar refractivity (Wildman–Crippen MR) is 160 cm³/mol. The summed E-state index contributed by atoms with van der Waals surface area (Å²) in [4.78, 5) is 34.7. The first-order chi connectivity index (χ1) is 19.1. The maximum absolute atomic E-state index is 14.5. The molecule has 6 heteroatoms. The molecule has 0 saturated carbocycles. The normalized spacial score (nSPS) is 17.6. The fraction of sp³-hybridized carbons (Fsp3) is 0.294. The molecule has 1 unspecified atom stereocenters. The maximum Gasteiger partial charge on any atom is 0.204 e. The Hall–Kier alpha value is -4.16. The van der Waals surface area contributed by atoms with Gasteiger partial charge in [-0.05, 0) is 65.5 Å². The van der Waals surface area contributed by atoms with Crippen LogP contribution in [0, 0.1) is 0 Å². The first-order valence-corrected chi connectivity index (χ1v) is 13.8. The summed E-state index contributed by atoms with van der Waals surface area (Å²) >= 11 is 0. The maximum atomic E-state index is 14.5. The molecule has 5 rings (SSSR count). The van der Waals surface area contributed by atoms with Gasteiger partial charge < -0.3 is 20.2 Å². The van der Waals surface area contributed by atoms with E-state index in [1.54, 1.807) is 0 Å². The summed E-state index contributed by atoms with van der Waals surface area (Å²) in [6, 6.07) is 15.0. The number of carbonyl (C=O) groups is 2. The van der Waals surface area contributed by atoms with Gasteiger partial charge in [0.05, 0.1) is 12.0 Å². The number of allylic oxidation sites excluding steroid dienone is 5. The third kappa shape index (κ3) is 4.84. The van der Waals surface area contributed by atoms with Gasteiger partial charge in [-0.25, -0.2) is 0 Å². The number of rotatable bonds is 8. The number of ketones is 2. The zero-order valence-corrected chi connectivity index (χ0v) is 23.5. The Morgan fingerprint density at radius 2 is 1.35 bits per heavy atom. The summed E-state index contributed by atoms with van der Waals surface area (Å²) in [5, 5.41) is 24.9. The minimum Gasteiger partial charge on any atom is -0.504 e. The zero-order chi connectivity index (χ0) is 28.6. The number of aromatic nitrogens is 2. The van der Waals surface area contributed by atoms with Gasteiger partial charge in [-0.15, -0.1) is 0 Å². The van der Waals surface area contributed by atoms with E-state index in [9.17, 15) is 19.8 Å².